The van der Waals surface area contributed by atoms with Crippen LogP contribution in [0.2, 0.25) is 5.02 Å². The number of benzene rings is 2. The Morgan fingerprint density at radius 2 is 1.97 bits per heavy atom. The van der Waals surface area contributed by atoms with Gasteiger partial charge in [0.2, 0.25) is 21.8 Å². The number of carbonyl (C=O) groups is 1. The highest BCUT2D eigenvalue weighted by atomic mass is 35.5. The summed E-state index contributed by atoms with van der Waals surface area (Å²) in [6.07, 6.45) is 2.94. The summed E-state index contributed by atoms with van der Waals surface area (Å²) in [6.45, 7) is 2.71. The third-order valence-electron chi connectivity index (χ3n) is 5.77. The molecule has 2 heterocycles. The van der Waals surface area contributed by atoms with Crippen molar-refractivity contribution in [1.29, 1.82) is 0 Å². The molecule has 1 aromatic heterocycles. The van der Waals surface area contributed by atoms with Gasteiger partial charge in [-0.25, -0.2) is 13.4 Å². The normalized spacial score (nSPS) is 13.8. The van der Waals surface area contributed by atoms with Gasteiger partial charge in [-0.3, -0.25) is 9.52 Å². The number of halogens is 2. The van der Waals surface area contributed by atoms with Crippen LogP contribution in [0.25, 0.3) is 11.3 Å². The van der Waals surface area contributed by atoms with Gasteiger partial charge >= 0.3 is 0 Å². The lowest BCUT2D eigenvalue weighted by Crippen LogP contribution is -2.42. The van der Waals surface area contributed by atoms with Gasteiger partial charge in [0.05, 0.1) is 23.1 Å². The standard InChI is InChI=1S/C25H29ClN4O6S.ClH/c1-37(33,34)29-21-13-18(5-8-20(21)26)23(31)15-27-9-12-35-19-6-3-17(4-7-19)22-16-36-24(28-22)14-25(32)30-10-2-11-30;/h3-8,13,16,23,27,29,31H,2,9-12,14-15H2,1H3;1H. The molecule has 0 bridgehead atoms. The number of anilines is 1. The number of ether oxygens (including phenoxy) is 1. The van der Waals surface area contributed by atoms with Crippen molar-refractivity contribution in [2.45, 2.75) is 18.9 Å². The Balaban J connectivity index is 0.00000400. The Kier molecular flexibility index (Phi) is 10.4. The number of aliphatic hydroxyl groups is 1. The third kappa shape index (κ3) is 8.34. The third-order valence-corrected chi connectivity index (χ3v) is 6.69. The molecule has 3 N–H and O–H groups in total. The molecular weight excluding hydrogens is 555 g/mol. The van der Waals surface area contributed by atoms with E-state index in [1.807, 2.05) is 24.3 Å². The zero-order chi connectivity index (χ0) is 26.4. The van der Waals surface area contributed by atoms with Crippen molar-refractivity contribution in [3.05, 3.63) is 65.2 Å². The molecule has 1 fully saturated rings. The number of rotatable bonds is 12. The number of carbonyl (C=O) groups excluding carboxylic acids is 1. The van der Waals surface area contributed by atoms with Crippen molar-refractivity contribution in [3.8, 4) is 17.0 Å². The van der Waals surface area contributed by atoms with Gasteiger partial charge in [-0.2, -0.15) is 0 Å². The minimum absolute atomic E-state index is 0. The maximum absolute atomic E-state index is 12.1. The van der Waals surface area contributed by atoms with Gasteiger partial charge in [-0.1, -0.05) is 17.7 Å². The maximum atomic E-state index is 12.1. The molecule has 0 aliphatic carbocycles. The quantitative estimate of drug-likeness (QED) is 0.276. The van der Waals surface area contributed by atoms with Crippen LogP contribution < -0.4 is 14.8 Å². The zero-order valence-corrected chi connectivity index (χ0v) is 23.1. The first kappa shape index (κ1) is 29.7. The molecular formula is C25H30Cl2N4O6S. The molecule has 2 aromatic carbocycles. The van der Waals surface area contributed by atoms with Crippen LogP contribution in [-0.4, -0.2) is 68.4 Å². The molecule has 0 saturated carbocycles. The molecule has 1 aliphatic rings. The number of sulfonamides is 1. The summed E-state index contributed by atoms with van der Waals surface area (Å²) in [6, 6.07) is 12.1. The van der Waals surface area contributed by atoms with Crippen LogP contribution in [0.5, 0.6) is 5.75 Å². The topological polar surface area (TPSA) is 134 Å². The number of nitrogens with one attached hydrogen (secondary N) is 2. The lowest BCUT2D eigenvalue weighted by Gasteiger charge is -2.30. The summed E-state index contributed by atoms with van der Waals surface area (Å²) in [5, 5.41) is 13.8. The monoisotopic (exact) mass is 584 g/mol. The number of likely N-dealkylation sites (tertiary alicyclic amines) is 1. The lowest BCUT2D eigenvalue weighted by atomic mass is 10.1. The summed E-state index contributed by atoms with van der Waals surface area (Å²) in [5.41, 5.74) is 2.26. The van der Waals surface area contributed by atoms with Crippen LogP contribution in [0.3, 0.4) is 0 Å². The van der Waals surface area contributed by atoms with E-state index in [9.17, 15) is 18.3 Å². The van der Waals surface area contributed by atoms with E-state index in [4.69, 9.17) is 20.8 Å². The van der Waals surface area contributed by atoms with Crippen molar-refractivity contribution < 1.29 is 27.5 Å². The SMILES string of the molecule is CS(=O)(=O)Nc1cc(C(O)CNCCOc2ccc(-c3coc(CC(=O)N4CCC4)n3)cc2)ccc1Cl.Cl. The first-order valence-corrected chi connectivity index (χ1v) is 14.1. The molecule has 10 nitrogen and oxygen atoms in total. The van der Waals surface area contributed by atoms with E-state index in [-0.39, 0.29) is 42.0 Å². The molecule has 0 radical (unpaired) electrons. The summed E-state index contributed by atoms with van der Waals surface area (Å²) in [5.74, 6) is 1.12. The van der Waals surface area contributed by atoms with Gasteiger partial charge < -0.3 is 24.5 Å². The van der Waals surface area contributed by atoms with E-state index < -0.39 is 16.1 Å². The Labute approximate surface area is 232 Å². The number of oxazole rings is 1. The van der Waals surface area contributed by atoms with Gasteiger partial charge in [0.15, 0.2) is 0 Å². The van der Waals surface area contributed by atoms with Crippen molar-refractivity contribution >= 4 is 45.6 Å². The molecule has 38 heavy (non-hydrogen) atoms. The number of amides is 1. The van der Waals surface area contributed by atoms with Crippen LogP contribution in [0.4, 0.5) is 5.69 Å². The van der Waals surface area contributed by atoms with E-state index in [1.165, 1.54) is 12.1 Å². The Bertz CT molecular complexity index is 1330. The predicted molar refractivity (Wildman–Crippen MR) is 147 cm³/mol. The van der Waals surface area contributed by atoms with Crippen molar-refractivity contribution in [2.75, 3.05) is 43.8 Å². The van der Waals surface area contributed by atoms with Crippen LogP contribution in [0.15, 0.2) is 53.1 Å². The van der Waals surface area contributed by atoms with Gasteiger partial charge in [-0.05, 0) is 48.4 Å². The number of aliphatic hydroxyl groups excluding tert-OH is 1. The summed E-state index contributed by atoms with van der Waals surface area (Å²) >= 11 is 6.03. The van der Waals surface area contributed by atoms with E-state index in [1.54, 1.807) is 17.2 Å². The molecule has 0 spiro atoms. The van der Waals surface area contributed by atoms with E-state index in [0.29, 0.717) is 36.0 Å². The van der Waals surface area contributed by atoms with Crippen molar-refractivity contribution in [3.63, 3.8) is 0 Å². The highest BCUT2D eigenvalue weighted by Gasteiger charge is 2.22. The van der Waals surface area contributed by atoms with Crippen LogP contribution >= 0.6 is 24.0 Å². The first-order chi connectivity index (χ1) is 17.7. The molecule has 1 atom stereocenters. The molecule has 1 saturated heterocycles. The van der Waals surface area contributed by atoms with Crippen molar-refractivity contribution in [1.82, 2.24) is 15.2 Å². The van der Waals surface area contributed by atoms with Crippen LogP contribution in [0.1, 0.15) is 24.0 Å². The Hall–Kier alpha value is -2.83. The highest BCUT2D eigenvalue weighted by Crippen LogP contribution is 2.27. The van der Waals surface area contributed by atoms with Crippen LogP contribution in [0, 0.1) is 0 Å². The smallest absolute Gasteiger partial charge is 0.231 e. The Morgan fingerprint density at radius 1 is 1.24 bits per heavy atom. The van der Waals surface area contributed by atoms with Gasteiger partial charge in [0.1, 0.15) is 30.7 Å². The fraction of sp³-hybridized carbons (Fsp3) is 0.360. The first-order valence-electron chi connectivity index (χ1n) is 11.8. The molecule has 13 heteroatoms. The minimum atomic E-state index is -3.49. The highest BCUT2D eigenvalue weighted by molar-refractivity contribution is 7.92. The second kappa shape index (κ2) is 13.3. The summed E-state index contributed by atoms with van der Waals surface area (Å²) in [7, 11) is -3.49. The molecule has 4 rings (SSSR count). The summed E-state index contributed by atoms with van der Waals surface area (Å²) < 4.78 is 36.5. The van der Waals surface area contributed by atoms with E-state index >= 15 is 0 Å². The molecule has 1 amide bonds. The lowest BCUT2D eigenvalue weighted by molar-refractivity contribution is -0.134. The zero-order valence-electron chi connectivity index (χ0n) is 20.7. The van der Waals surface area contributed by atoms with Gasteiger partial charge in [0.25, 0.3) is 0 Å². The fourth-order valence-electron chi connectivity index (χ4n) is 3.68. The average Bonchev–Trinajstić information content (AvgIpc) is 3.27. The molecule has 206 valence electrons. The largest absolute Gasteiger partial charge is 0.492 e. The number of nitrogens with zero attached hydrogens (tertiary/aromatic N) is 2. The molecule has 1 unspecified atom stereocenters. The van der Waals surface area contributed by atoms with Gasteiger partial charge in [-0.15, -0.1) is 12.4 Å². The average molecular weight is 586 g/mol. The second-order valence-electron chi connectivity index (χ2n) is 8.74. The maximum Gasteiger partial charge on any atom is 0.231 e. The van der Waals surface area contributed by atoms with Crippen LogP contribution in [-0.2, 0) is 21.2 Å². The number of aromatic nitrogens is 1. The summed E-state index contributed by atoms with van der Waals surface area (Å²) in [4.78, 5) is 18.3. The van der Waals surface area contributed by atoms with E-state index in [0.717, 1.165) is 31.3 Å². The Morgan fingerprint density at radius 3 is 2.63 bits per heavy atom. The molecule has 3 aromatic rings. The second-order valence-corrected chi connectivity index (χ2v) is 10.9. The fourth-order valence-corrected chi connectivity index (χ4v) is 4.47. The van der Waals surface area contributed by atoms with Crippen molar-refractivity contribution in [2.24, 2.45) is 0 Å². The predicted octanol–water partition coefficient (Wildman–Crippen LogP) is 3.27. The molecule has 1 aliphatic heterocycles. The minimum Gasteiger partial charge on any atom is -0.492 e. The van der Waals surface area contributed by atoms with E-state index in [2.05, 4.69) is 15.0 Å². The van der Waals surface area contributed by atoms with Gasteiger partial charge in [0, 0.05) is 31.7 Å². The number of hydrogen-bond donors (Lipinski definition) is 3. The number of hydrogen-bond acceptors (Lipinski definition) is 8.